The van der Waals surface area contributed by atoms with Crippen molar-refractivity contribution in [1.82, 2.24) is 4.90 Å². The van der Waals surface area contributed by atoms with Crippen molar-refractivity contribution in [3.63, 3.8) is 0 Å². The van der Waals surface area contributed by atoms with Gasteiger partial charge < -0.3 is 10.1 Å². The van der Waals surface area contributed by atoms with Gasteiger partial charge in [0.25, 0.3) is 11.1 Å². The van der Waals surface area contributed by atoms with Crippen LogP contribution >= 0.6 is 23.4 Å². The number of carbonyl (C=O) groups excluding carboxylic acids is 3. The molecule has 1 saturated heterocycles. The monoisotopic (exact) mass is 430 g/mol. The van der Waals surface area contributed by atoms with Gasteiger partial charge in [0.2, 0.25) is 5.91 Å². The zero-order chi connectivity index (χ0) is 21.1. The maximum atomic E-state index is 12.6. The summed E-state index contributed by atoms with van der Waals surface area (Å²) in [4.78, 5) is 38.3. The van der Waals surface area contributed by atoms with Crippen LogP contribution in [0.3, 0.4) is 0 Å². The van der Waals surface area contributed by atoms with Crippen molar-refractivity contribution >= 4 is 52.2 Å². The number of nitrogens with one attached hydrogen (secondary N) is 1. The third-order valence-corrected chi connectivity index (χ3v) is 5.64. The van der Waals surface area contributed by atoms with Crippen molar-refractivity contribution in [3.8, 4) is 5.75 Å². The summed E-state index contributed by atoms with van der Waals surface area (Å²) in [6.45, 7) is 3.57. The molecule has 3 rings (SSSR count). The van der Waals surface area contributed by atoms with Crippen LogP contribution in [0.5, 0.6) is 5.75 Å². The van der Waals surface area contributed by atoms with Gasteiger partial charge in [-0.1, -0.05) is 23.7 Å². The summed E-state index contributed by atoms with van der Waals surface area (Å²) in [6.07, 6.45) is 1.57. The number of amides is 3. The molecule has 0 aromatic heterocycles. The number of methoxy groups -OCH3 is 1. The molecule has 1 aliphatic rings. The van der Waals surface area contributed by atoms with Crippen molar-refractivity contribution < 1.29 is 19.1 Å². The number of anilines is 1. The van der Waals surface area contributed by atoms with Gasteiger partial charge >= 0.3 is 0 Å². The zero-order valence-corrected chi connectivity index (χ0v) is 17.7. The minimum Gasteiger partial charge on any atom is -0.495 e. The molecule has 0 radical (unpaired) electrons. The number of carbonyl (C=O) groups is 3. The summed E-state index contributed by atoms with van der Waals surface area (Å²) in [5, 5.41) is 2.62. The summed E-state index contributed by atoms with van der Waals surface area (Å²) < 4.78 is 5.10. The number of nitrogens with zero attached hydrogens (tertiary/aromatic N) is 1. The first-order chi connectivity index (χ1) is 13.8. The van der Waals surface area contributed by atoms with Gasteiger partial charge in [0.05, 0.1) is 17.0 Å². The van der Waals surface area contributed by atoms with Gasteiger partial charge in [-0.2, -0.15) is 0 Å². The smallest absolute Gasteiger partial charge is 0.294 e. The minimum absolute atomic E-state index is 0.232. The predicted molar refractivity (Wildman–Crippen MR) is 115 cm³/mol. The summed E-state index contributed by atoms with van der Waals surface area (Å²) in [5.74, 6) is -0.439. The molecule has 2 aromatic rings. The van der Waals surface area contributed by atoms with E-state index in [4.69, 9.17) is 16.3 Å². The molecule has 0 saturated carbocycles. The summed E-state index contributed by atoms with van der Waals surface area (Å²) in [5.41, 5.74) is 3.42. The molecular weight excluding hydrogens is 412 g/mol. The van der Waals surface area contributed by atoms with Gasteiger partial charge in [-0.15, -0.1) is 0 Å². The molecule has 1 heterocycles. The van der Waals surface area contributed by atoms with E-state index < -0.39 is 17.1 Å². The lowest BCUT2D eigenvalue weighted by Crippen LogP contribution is -2.36. The molecule has 1 N–H and O–H groups in total. The van der Waals surface area contributed by atoms with Crippen LogP contribution in [0.1, 0.15) is 16.7 Å². The van der Waals surface area contributed by atoms with E-state index in [0.717, 1.165) is 27.8 Å². The Hall–Kier alpha value is -2.77. The Morgan fingerprint density at radius 3 is 2.59 bits per heavy atom. The molecule has 0 bridgehead atoms. The third-order valence-electron chi connectivity index (χ3n) is 4.44. The normalized spacial score (nSPS) is 15.2. The second kappa shape index (κ2) is 8.71. The fourth-order valence-corrected chi connectivity index (χ4v) is 3.83. The first kappa shape index (κ1) is 21.0. The highest BCUT2D eigenvalue weighted by molar-refractivity contribution is 8.18. The number of imide groups is 1. The average molecular weight is 431 g/mol. The van der Waals surface area contributed by atoms with Gasteiger partial charge in [0.1, 0.15) is 12.3 Å². The van der Waals surface area contributed by atoms with Crippen molar-refractivity contribution in [3.05, 3.63) is 63.0 Å². The maximum absolute atomic E-state index is 12.6. The Kier molecular flexibility index (Phi) is 6.30. The molecule has 0 aliphatic carbocycles. The largest absolute Gasteiger partial charge is 0.495 e. The summed E-state index contributed by atoms with van der Waals surface area (Å²) in [6, 6.07) is 10.6. The Bertz CT molecular complexity index is 1040. The molecule has 0 spiro atoms. The molecule has 3 amide bonds. The van der Waals surface area contributed by atoms with Gasteiger partial charge in [-0.25, -0.2) is 0 Å². The number of rotatable bonds is 5. The van der Waals surface area contributed by atoms with Crippen LogP contribution in [0.4, 0.5) is 10.5 Å². The first-order valence-corrected chi connectivity index (χ1v) is 9.94. The highest BCUT2D eigenvalue weighted by Crippen LogP contribution is 2.33. The topological polar surface area (TPSA) is 75.7 Å². The lowest BCUT2D eigenvalue weighted by Gasteiger charge is -2.13. The van der Waals surface area contributed by atoms with Crippen LogP contribution < -0.4 is 10.1 Å². The predicted octanol–water partition coefficient (Wildman–Crippen LogP) is 4.64. The summed E-state index contributed by atoms with van der Waals surface area (Å²) in [7, 11) is 1.51. The van der Waals surface area contributed by atoms with Crippen LogP contribution in [-0.4, -0.2) is 35.6 Å². The quantitative estimate of drug-likeness (QED) is 0.699. The van der Waals surface area contributed by atoms with E-state index in [1.807, 2.05) is 26.0 Å². The van der Waals surface area contributed by atoms with Gasteiger partial charge in [0.15, 0.2) is 0 Å². The van der Waals surface area contributed by atoms with Crippen molar-refractivity contribution in [1.29, 1.82) is 0 Å². The standard InChI is InChI=1S/C21H19ClN2O4S/c1-12-4-6-15(8-13(12)2)23-19(25)11-24-20(26)18(29-21(24)27)10-14-5-7-17(28-3)16(22)9-14/h4-10H,11H2,1-3H3,(H,23,25). The van der Waals surface area contributed by atoms with Gasteiger partial charge in [-0.3, -0.25) is 19.3 Å². The highest BCUT2D eigenvalue weighted by Gasteiger charge is 2.36. The van der Waals surface area contributed by atoms with E-state index in [1.54, 1.807) is 30.3 Å². The number of aryl methyl sites for hydroxylation is 2. The Morgan fingerprint density at radius 1 is 1.17 bits per heavy atom. The lowest BCUT2D eigenvalue weighted by molar-refractivity contribution is -0.127. The van der Waals surface area contributed by atoms with Crippen molar-refractivity contribution in [2.24, 2.45) is 0 Å². The van der Waals surface area contributed by atoms with E-state index in [1.165, 1.54) is 7.11 Å². The molecule has 6 nitrogen and oxygen atoms in total. The van der Waals surface area contributed by atoms with Crippen LogP contribution in [0.15, 0.2) is 41.3 Å². The van der Waals surface area contributed by atoms with E-state index in [2.05, 4.69) is 5.32 Å². The second-order valence-corrected chi connectivity index (χ2v) is 7.91. The fraction of sp³-hybridized carbons (Fsp3) is 0.190. The van der Waals surface area contributed by atoms with E-state index in [0.29, 0.717) is 22.0 Å². The average Bonchev–Trinajstić information content (AvgIpc) is 2.92. The van der Waals surface area contributed by atoms with Crippen LogP contribution in [0, 0.1) is 13.8 Å². The highest BCUT2D eigenvalue weighted by atomic mass is 35.5. The Labute approximate surface area is 177 Å². The molecule has 0 unspecified atom stereocenters. The number of hydrogen-bond donors (Lipinski definition) is 1. The lowest BCUT2D eigenvalue weighted by atomic mass is 10.1. The third kappa shape index (κ3) is 4.81. The number of halogens is 1. The molecule has 150 valence electrons. The first-order valence-electron chi connectivity index (χ1n) is 8.74. The van der Waals surface area contributed by atoms with Gasteiger partial charge in [-0.05, 0) is 72.6 Å². The maximum Gasteiger partial charge on any atom is 0.294 e. The number of hydrogen-bond acceptors (Lipinski definition) is 5. The van der Waals surface area contributed by atoms with Crippen LogP contribution in [-0.2, 0) is 9.59 Å². The Morgan fingerprint density at radius 2 is 1.93 bits per heavy atom. The van der Waals surface area contributed by atoms with Crippen molar-refractivity contribution in [2.75, 3.05) is 19.0 Å². The van der Waals surface area contributed by atoms with Gasteiger partial charge in [0, 0.05) is 5.69 Å². The number of ether oxygens (including phenoxy) is 1. The van der Waals surface area contributed by atoms with E-state index in [-0.39, 0.29) is 11.4 Å². The molecule has 1 aliphatic heterocycles. The molecule has 2 aromatic carbocycles. The molecule has 29 heavy (non-hydrogen) atoms. The zero-order valence-electron chi connectivity index (χ0n) is 16.1. The molecule has 1 fully saturated rings. The Balaban J connectivity index is 1.70. The van der Waals surface area contributed by atoms with E-state index >= 15 is 0 Å². The molecule has 8 heteroatoms. The molecule has 0 atom stereocenters. The van der Waals surface area contributed by atoms with E-state index in [9.17, 15) is 14.4 Å². The van der Waals surface area contributed by atoms with Crippen LogP contribution in [0.2, 0.25) is 5.02 Å². The fourth-order valence-electron chi connectivity index (χ4n) is 2.72. The van der Waals surface area contributed by atoms with Crippen LogP contribution in [0.25, 0.3) is 6.08 Å². The SMILES string of the molecule is COc1ccc(C=C2SC(=O)N(CC(=O)Nc3ccc(C)c(C)c3)C2=O)cc1Cl. The summed E-state index contributed by atoms with van der Waals surface area (Å²) >= 11 is 6.89. The minimum atomic E-state index is -0.512. The number of thioether (sulfide) groups is 1. The van der Waals surface area contributed by atoms with Crippen molar-refractivity contribution in [2.45, 2.75) is 13.8 Å². The second-order valence-electron chi connectivity index (χ2n) is 6.51. The number of benzene rings is 2. The molecular formula is C21H19ClN2O4S.